The molecule has 6 nitrogen and oxygen atoms in total. The van der Waals surface area contributed by atoms with Gasteiger partial charge in [-0.3, -0.25) is 9.89 Å². The fraction of sp³-hybridized carbons (Fsp3) is 0.429. The van der Waals surface area contributed by atoms with Crippen molar-refractivity contribution in [2.75, 3.05) is 0 Å². The highest BCUT2D eigenvalue weighted by Gasteiger charge is 2.11. The largest absolute Gasteiger partial charge is 0.481 e. The summed E-state index contributed by atoms with van der Waals surface area (Å²) in [4.78, 5) is 25.2. The van der Waals surface area contributed by atoms with Gasteiger partial charge in [-0.05, 0) is 6.92 Å². The highest BCUT2D eigenvalue weighted by molar-refractivity contribution is 6.83. The predicted molar refractivity (Wildman–Crippen MR) is 48.4 cm³/mol. The molecule has 1 aromatic rings. The minimum atomic E-state index is -0.986. The lowest BCUT2D eigenvalue weighted by Gasteiger charge is -1.92. The van der Waals surface area contributed by atoms with Crippen molar-refractivity contribution in [2.24, 2.45) is 0 Å². The third kappa shape index (κ3) is 3.38. The summed E-state index contributed by atoms with van der Waals surface area (Å²) >= 11 is 0. The van der Waals surface area contributed by atoms with E-state index in [9.17, 15) is 9.59 Å². The fourth-order valence-corrected chi connectivity index (χ4v) is 0.882. The van der Waals surface area contributed by atoms with E-state index in [2.05, 4.69) is 15.2 Å². The van der Waals surface area contributed by atoms with Gasteiger partial charge in [0, 0.05) is 6.42 Å². The van der Waals surface area contributed by atoms with Gasteiger partial charge >= 0.3 is 5.97 Å². The van der Waals surface area contributed by atoms with Crippen molar-refractivity contribution in [3.05, 3.63) is 5.82 Å². The minimum Gasteiger partial charge on any atom is -0.481 e. The second-order valence-electron chi connectivity index (χ2n) is 2.77. The molecule has 1 rings (SSSR count). The van der Waals surface area contributed by atoms with Crippen LogP contribution in [0.3, 0.4) is 0 Å². The van der Waals surface area contributed by atoms with Gasteiger partial charge in [-0.15, -0.1) is 0 Å². The molecule has 14 heavy (non-hydrogen) atoms. The van der Waals surface area contributed by atoms with E-state index in [0.29, 0.717) is 11.5 Å². The topological polar surface area (TPSA) is 95.9 Å². The quantitative estimate of drug-likeness (QED) is 0.576. The molecule has 0 aromatic carbocycles. The number of hydrogen-bond donors (Lipinski definition) is 2. The number of aromatic nitrogens is 3. The molecule has 7 heteroatoms. The Morgan fingerprint density at radius 1 is 1.50 bits per heavy atom. The summed E-state index contributed by atoms with van der Waals surface area (Å²) in [5.41, 5.74) is 0.0847. The normalized spacial score (nSPS) is 9.79. The predicted octanol–water partition coefficient (Wildman–Crippen LogP) is -1.17. The second-order valence-corrected chi connectivity index (χ2v) is 2.77. The zero-order chi connectivity index (χ0) is 10.6. The Balaban J connectivity index is 2.37. The Bertz CT molecular complexity index is 350. The van der Waals surface area contributed by atoms with Crippen molar-refractivity contribution in [3.63, 3.8) is 0 Å². The number of nitrogens with zero attached hydrogens (tertiary/aromatic N) is 2. The summed E-state index contributed by atoms with van der Waals surface area (Å²) in [5, 5.41) is 14.6. The maximum absolute atomic E-state index is 11.1. The average molecular weight is 194 g/mol. The first kappa shape index (κ1) is 10.4. The van der Waals surface area contributed by atoms with Crippen LogP contribution >= 0.6 is 0 Å². The molecule has 2 N–H and O–H groups in total. The Kier molecular flexibility index (Phi) is 3.38. The molecule has 0 aliphatic heterocycles. The summed E-state index contributed by atoms with van der Waals surface area (Å²) < 4.78 is 0. The van der Waals surface area contributed by atoms with E-state index in [1.165, 1.54) is 7.28 Å². The minimum absolute atomic E-state index is 0.0188. The van der Waals surface area contributed by atoms with Gasteiger partial charge in [0.25, 0.3) is 7.28 Å². The van der Waals surface area contributed by atoms with Crippen molar-refractivity contribution >= 4 is 24.7 Å². The van der Waals surface area contributed by atoms with Gasteiger partial charge in [0.15, 0.2) is 0 Å². The van der Waals surface area contributed by atoms with Gasteiger partial charge in [-0.2, -0.15) is 5.10 Å². The molecule has 1 heterocycles. The molecule has 0 saturated carbocycles. The van der Waals surface area contributed by atoms with Crippen LogP contribution in [0.4, 0.5) is 0 Å². The fourth-order valence-electron chi connectivity index (χ4n) is 0.882. The van der Waals surface area contributed by atoms with Gasteiger partial charge in [-0.1, -0.05) is 0 Å². The number of carbonyl (C=O) groups excluding carboxylic acids is 1. The van der Waals surface area contributed by atoms with E-state index in [1.807, 2.05) is 0 Å². The van der Waals surface area contributed by atoms with Gasteiger partial charge in [-0.25, -0.2) is 4.98 Å². The van der Waals surface area contributed by atoms with Crippen molar-refractivity contribution in [2.45, 2.75) is 19.8 Å². The van der Waals surface area contributed by atoms with Crippen LogP contribution in [0.15, 0.2) is 0 Å². The molecular formula is C7H9BN3O3. The van der Waals surface area contributed by atoms with Gasteiger partial charge in [0.1, 0.15) is 5.82 Å². The Morgan fingerprint density at radius 2 is 2.21 bits per heavy atom. The van der Waals surface area contributed by atoms with Crippen molar-refractivity contribution in [1.29, 1.82) is 0 Å². The van der Waals surface area contributed by atoms with Crippen LogP contribution in [0.2, 0.25) is 0 Å². The molecule has 0 amide bonds. The summed E-state index contributed by atoms with van der Waals surface area (Å²) in [6.07, 6.45) is -0.183. The zero-order valence-corrected chi connectivity index (χ0v) is 7.65. The van der Waals surface area contributed by atoms with E-state index < -0.39 is 5.97 Å². The Labute approximate surface area is 81.0 Å². The van der Waals surface area contributed by atoms with E-state index in [1.54, 1.807) is 6.92 Å². The maximum atomic E-state index is 11.1. The standard InChI is InChI=1S/C7H9BN3O3/c1-4-9-7(11-10-4)8-5(12)2-3-6(13)14/h2-3H2,1H3,(H,13,14)(H,9,10,11). The molecule has 1 radical (unpaired) electrons. The van der Waals surface area contributed by atoms with Crippen LogP contribution in [-0.2, 0) is 9.59 Å². The average Bonchev–Trinajstić information content (AvgIpc) is 2.48. The molecule has 0 atom stereocenters. The molecule has 73 valence electrons. The van der Waals surface area contributed by atoms with Crippen LogP contribution in [0, 0.1) is 6.92 Å². The molecule has 0 saturated heterocycles. The number of hydrogen-bond acceptors (Lipinski definition) is 4. The lowest BCUT2D eigenvalue weighted by molar-refractivity contribution is -0.138. The summed E-state index contributed by atoms with van der Waals surface area (Å²) in [6, 6.07) is 0. The lowest BCUT2D eigenvalue weighted by Crippen LogP contribution is -2.27. The summed E-state index contributed by atoms with van der Waals surface area (Å²) in [7, 11) is 1.25. The number of aryl methyl sites for hydroxylation is 1. The molecule has 0 fully saturated rings. The Hall–Kier alpha value is -1.66. The van der Waals surface area contributed by atoms with Gasteiger partial charge in [0.05, 0.1) is 17.8 Å². The van der Waals surface area contributed by atoms with E-state index in [-0.39, 0.29) is 18.5 Å². The Morgan fingerprint density at radius 3 is 2.71 bits per heavy atom. The zero-order valence-electron chi connectivity index (χ0n) is 7.65. The van der Waals surface area contributed by atoms with Gasteiger partial charge < -0.3 is 9.90 Å². The SMILES string of the molecule is Cc1n[nH]c([B]C(=O)CCC(=O)O)n1. The third-order valence-electron chi connectivity index (χ3n) is 1.50. The number of aliphatic carboxylic acids is 1. The monoisotopic (exact) mass is 194 g/mol. The van der Waals surface area contributed by atoms with Crippen LogP contribution < -0.4 is 5.72 Å². The number of carbonyl (C=O) groups is 2. The first-order valence-corrected chi connectivity index (χ1v) is 4.06. The van der Waals surface area contributed by atoms with E-state index in [4.69, 9.17) is 5.11 Å². The van der Waals surface area contributed by atoms with Crippen LogP contribution in [0.1, 0.15) is 18.7 Å². The first-order valence-electron chi connectivity index (χ1n) is 4.06. The van der Waals surface area contributed by atoms with Crippen molar-refractivity contribution in [3.8, 4) is 0 Å². The summed E-state index contributed by atoms with van der Waals surface area (Å²) in [6.45, 7) is 1.69. The molecule has 0 unspecified atom stereocenters. The van der Waals surface area contributed by atoms with E-state index in [0.717, 1.165) is 0 Å². The molecular weight excluding hydrogens is 185 g/mol. The molecule has 0 spiro atoms. The lowest BCUT2D eigenvalue weighted by atomic mass is 9.71. The number of nitrogens with one attached hydrogen (secondary N) is 1. The molecule has 0 bridgehead atoms. The van der Waals surface area contributed by atoms with Crippen LogP contribution in [0.25, 0.3) is 0 Å². The van der Waals surface area contributed by atoms with E-state index >= 15 is 0 Å². The maximum Gasteiger partial charge on any atom is 0.303 e. The summed E-state index contributed by atoms with van der Waals surface area (Å²) in [5.74, 6) is -0.442. The number of aromatic amines is 1. The number of carboxylic acid groups (broad SMARTS) is 1. The van der Waals surface area contributed by atoms with Gasteiger partial charge in [0.2, 0.25) is 0 Å². The first-order chi connectivity index (χ1) is 6.58. The highest BCUT2D eigenvalue weighted by Crippen LogP contribution is 1.89. The van der Waals surface area contributed by atoms with Crippen molar-refractivity contribution in [1.82, 2.24) is 15.2 Å². The number of rotatable bonds is 5. The third-order valence-corrected chi connectivity index (χ3v) is 1.50. The van der Waals surface area contributed by atoms with Crippen molar-refractivity contribution < 1.29 is 14.7 Å². The highest BCUT2D eigenvalue weighted by atomic mass is 16.4. The number of carboxylic acids is 1. The second kappa shape index (κ2) is 4.54. The molecule has 0 aliphatic carbocycles. The molecule has 1 aromatic heterocycles. The smallest absolute Gasteiger partial charge is 0.303 e. The van der Waals surface area contributed by atoms with Crippen LogP contribution in [-0.4, -0.2) is 39.2 Å². The van der Waals surface area contributed by atoms with Crippen LogP contribution in [0.5, 0.6) is 0 Å². The number of H-pyrrole nitrogens is 1. The molecule has 0 aliphatic rings.